The number of fused-ring (bicyclic) bond motifs is 1. The maximum Gasteiger partial charge on any atom is 0.249 e. The van der Waals surface area contributed by atoms with Crippen LogP contribution in [-0.2, 0) is 19.3 Å². The van der Waals surface area contributed by atoms with Crippen molar-refractivity contribution >= 4 is 28.3 Å². The highest BCUT2D eigenvalue weighted by Gasteiger charge is 2.53. The van der Waals surface area contributed by atoms with Crippen LogP contribution < -0.4 is 5.32 Å². The van der Waals surface area contributed by atoms with Gasteiger partial charge in [-0.2, -0.15) is 4.98 Å². The molecule has 0 unspecified atom stereocenters. The number of anilines is 1. The summed E-state index contributed by atoms with van der Waals surface area (Å²) in [7, 11) is -3.59. The molecule has 148 valence electrons. The molecule has 10 heteroatoms. The summed E-state index contributed by atoms with van der Waals surface area (Å²) in [6.45, 7) is 5.29. The fraction of sp³-hybridized carbons (Fsp3) is 0.647. The van der Waals surface area contributed by atoms with Gasteiger partial charge in [0.15, 0.2) is 5.79 Å². The third kappa shape index (κ3) is 4.07. The molecule has 1 aromatic heterocycles. The quantitative estimate of drug-likeness (QED) is 0.377. The Morgan fingerprint density at radius 2 is 2.00 bits per heavy atom. The molecule has 0 amide bonds. The standard InChI is InChI=1S/C17H23N3O5S2/c1-9-11(5-6-26)15(20-16(18-9)27(4,22)23)19-12-7-10(8-21)13-14(12)25-17(2,3)24-13/h10,12-14,21,26H,7-8H2,1-4H3,(H,18,19,20)/t10-,12-,13-,14+/m1/s1. The van der Waals surface area contributed by atoms with E-state index in [4.69, 9.17) is 9.47 Å². The number of thiol groups is 1. The monoisotopic (exact) mass is 413 g/mol. The fourth-order valence-electron chi connectivity index (χ4n) is 3.61. The molecule has 2 heterocycles. The van der Waals surface area contributed by atoms with Gasteiger partial charge in [-0.3, -0.25) is 0 Å². The molecule has 2 N–H and O–H groups in total. The molecule has 0 aromatic carbocycles. The number of aromatic nitrogens is 2. The van der Waals surface area contributed by atoms with Crippen LogP contribution in [0.5, 0.6) is 0 Å². The summed E-state index contributed by atoms with van der Waals surface area (Å²) in [4.78, 5) is 8.23. The first-order valence-electron chi connectivity index (χ1n) is 8.52. The zero-order valence-electron chi connectivity index (χ0n) is 15.6. The molecule has 1 aliphatic heterocycles. The van der Waals surface area contributed by atoms with E-state index in [0.29, 0.717) is 23.5 Å². The first kappa shape index (κ1) is 20.4. The van der Waals surface area contributed by atoms with Crippen LogP contribution >= 0.6 is 12.6 Å². The van der Waals surface area contributed by atoms with Gasteiger partial charge in [-0.25, -0.2) is 13.4 Å². The van der Waals surface area contributed by atoms with Crippen molar-refractivity contribution in [3.63, 3.8) is 0 Å². The summed E-state index contributed by atoms with van der Waals surface area (Å²) < 4.78 is 35.8. The Bertz CT molecular complexity index is 907. The van der Waals surface area contributed by atoms with Gasteiger partial charge < -0.3 is 19.9 Å². The summed E-state index contributed by atoms with van der Waals surface area (Å²) in [6.07, 6.45) is 1.09. The zero-order valence-corrected chi connectivity index (χ0v) is 17.3. The molecule has 2 fully saturated rings. The SMILES string of the molecule is Cc1nc(S(C)(=O)=O)nc(N[C@@H]2C[C@H](CO)[C@H]3OC(C)(C)O[C@H]32)c1C#CS. The molecule has 1 saturated carbocycles. The van der Waals surface area contributed by atoms with Crippen molar-refractivity contribution in [3.8, 4) is 11.2 Å². The van der Waals surface area contributed by atoms with E-state index in [1.54, 1.807) is 6.92 Å². The summed E-state index contributed by atoms with van der Waals surface area (Å²) in [5.41, 5.74) is 0.909. The molecule has 1 saturated heterocycles. The summed E-state index contributed by atoms with van der Waals surface area (Å²) >= 11 is 3.93. The number of nitrogens with one attached hydrogen (secondary N) is 1. The third-order valence-electron chi connectivity index (χ3n) is 4.72. The van der Waals surface area contributed by atoms with Gasteiger partial charge in [0.25, 0.3) is 0 Å². The number of ether oxygens (including phenoxy) is 2. The summed E-state index contributed by atoms with van der Waals surface area (Å²) in [5, 5.41) is 15.2. The van der Waals surface area contributed by atoms with E-state index >= 15 is 0 Å². The Balaban J connectivity index is 1.99. The smallest absolute Gasteiger partial charge is 0.249 e. The minimum atomic E-state index is -3.59. The van der Waals surface area contributed by atoms with E-state index < -0.39 is 15.6 Å². The number of nitrogens with zero attached hydrogens (tertiary/aromatic N) is 2. The average molecular weight is 414 g/mol. The number of aliphatic hydroxyl groups excluding tert-OH is 1. The van der Waals surface area contributed by atoms with E-state index in [2.05, 4.69) is 39.1 Å². The Morgan fingerprint density at radius 1 is 1.33 bits per heavy atom. The highest BCUT2D eigenvalue weighted by atomic mass is 32.2. The molecular formula is C17H23N3O5S2. The average Bonchev–Trinajstić information content (AvgIpc) is 3.03. The van der Waals surface area contributed by atoms with Gasteiger partial charge in [0.1, 0.15) is 11.9 Å². The molecular weight excluding hydrogens is 390 g/mol. The largest absolute Gasteiger partial charge is 0.396 e. The van der Waals surface area contributed by atoms with E-state index in [1.165, 1.54) is 0 Å². The van der Waals surface area contributed by atoms with Crippen molar-refractivity contribution in [2.75, 3.05) is 18.2 Å². The van der Waals surface area contributed by atoms with Gasteiger partial charge in [-0.15, -0.1) is 0 Å². The van der Waals surface area contributed by atoms with Gasteiger partial charge in [0.2, 0.25) is 15.0 Å². The Kier molecular flexibility index (Phi) is 5.44. The van der Waals surface area contributed by atoms with Crippen LogP contribution in [0.15, 0.2) is 5.16 Å². The Labute approximate surface area is 164 Å². The molecule has 27 heavy (non-hydrogen) atoms. The van der Waals surface area contributed by atoms with Crippen LogP contribution in [0.3, 0.4) is 0 Å². The van der Waals surface area contributed by atoms with Crippen LogP contribution in [0.1, 0.15) is 31.5 Å². The first-order valence-corrected chi connectivity index (χ1v) is 10.9. The van der Waals surface area contributed by atoms with Crippen LogP contribution in [0.4, 0.5) is 5.82 Å². The van der Waals surface area contributed by atoms with Crippen LogP contribution in [0.25, 0.3) is 0 Å². The number of rotatable bonds is 4. The predicted octanol–water partition coefficient (Wildman–Crippen LogP) is 0.740. The fourth-order valence-corrected chi connectivity index (χ4v) is 4.28. The first-order chi connectivity index (χ1) is 12.6. The van der Waals surface area contributed by atoms with Crippen molar-refractivity contribution in [3.05, 3.63) is 11.3 Å². The van der Waals surface area contributed by atoms with Crippen molar-refractivity contribution < 1.29 is 23.0 Å². The zero-order chi connectivity index (χ0) is 20.0. The Hall–Kier alpha value is -1.38. The van der Waals surface area contributed by atoms with Crippen LogP contribution in [-0.4, -0.2) is 60.4 Å². The highest BCUT2D eigenvalue weighted by Crippen LogP contribution is 2.42. The minimum absolute atomic E-state index is 0.0283. The number of hydrogen-bond acceptors (Lipinski definition) is 9. The second-order valence-corrected chi connectivity index (χ2v) is 9.45. The molecule has 2 aliphatic rings. The second-order valence-electron chi connectivity index (χ2n) is 7.32. The van der Waals surface area contributed by atoms with E-state index in [9.17, 15) is 13.5 Å². The highest BCUT2D eigenvalue weighted by molar-refractivity contribution is 7.90. The maximum absolute atomic E-state index is 11.9. The third-order valence-corrected chi connectivity index (χ3v) is 5.68. The lowest BCUT2D eigenvalue weighted by Gasteiger charge is -2.24. The van der Waals surface area contributed by atoms with Gasteiger partial charge >= 0.3 is 0 Å². The lowest BCUT2D eigenvalue weighted by molar-refractivity contribution is -0.158. The normalized spacial score (nSPS) is 29.1. The molecule has 0 spiro atoms. The predicted molar refractivity (Wildman–Crippen MR) is 102 cm³/mol. The second kappa shape index (κ2) is 7.22. The minimum Gasteiger partial charge on any atom is -0.396 e. The lowest BCUT2D eigenvalue weighted by Crippen LogP contribution is -2.35. The topological polar surface area (TPSA) is 111 Å². The van der Waals surface area contributed by atoms with Crippen molar-refractivity contribution in [1.29, 1.82) is 0 Å². The number of aliphatic hydroxyl groups is 1. The van der Waals surface area contributed by atoms with Gasteiger partial charge in [-0.05, 0) is 38.4 Å². The van der Waals surface area contributed by atoms with Crippen LogP contribution in [0, 0.1) is 24.0 Å². The molecule has 1 aliphatic carbocycles. The molecule has 8 nitrogen and oxygen atoms in total. The summed E-state index contributed by atoms with van der Waals surface area (Å²) in [5.74, 6) is 2.27. The molecule has 0 bridgehead atoms. The van der Waals surface area contributed by atoms with Gasteiger partial charge in [0, 0.05) is 18.8 Å². The van der Waals surface area contributed by atoms with Gasteiger partial charge in [0.05, 0.1) is 23.4 Å². The molecule has 1 aromatic rings. The van der Waals surface area contributed by atoms with Crippen LogP contribution in [0.2, 0.25) is 0 Å². The summed E-state index contributed by atoms with van der Waals surface area (Å²) in [6, 6.07) is -0.226. The maximum atomic E-state index is 11.9. The van der Waals surface area contributed by atoms with Crippen molar-refractivity contribution in [2.24, 2.45) is 5.92 Å². The van der Waals surface area contributed by atoms with E-state index in [0.717, 1.165) is 6.26 Å². The molecule has 0 radical (unpaired) electrons. The van der Waals surface area contributed by atoms with Crippen molar-refractivity contribution in [2.45, 2.75) is 56.4 Å². The lowest BCUT2D eigenvalue weighted by atomic mass is 10.1. The van der Waals surface area contributed by atoms with E-state index in [1.807, 2.05) is 13.8 Å². The van der Waals surface area contributed by atoms with Gasteiger partial charge in [-0.1, -0.05) is 12.6 Å². The molecule has 3 rings (SSSR count). The number of aryl methyl sites for hydroxylation is 1. The van der Waals surface area contributed by atoms with E-state index in [-0.39, 0.29) is 35.9 Å². The van der Waals surface area contributed by atoms with Crippen molar-refractivity contribution in [1.82, 2.24) is 9.97 Å². The Morgan fingerprint density at radius 3 is 2.59 bits per heavy atom. The number of hydrogen-bond donors (Lipinski definition) is 3. The molecule has 4 atom stereocenters. The number of sulfone groups is 1.